The Labute approximate surface area is 198 Å². The average Bonchev–Trinajstić information content (AvgIpc) is 2.78. The molecule has 1 amide bonds. The number of ketones is 1. The molecule has 0 bridgehead atoms. The number of hydrogen-bond donors (Lipinski definition) is 1. The Kier molecular flexibility index (Phi) is 9.57. The molecule has 0 radical (unpaired) electrons. The van der Waals surface area contributed by atoms with Crippen molar-refractivity contribution in [2.45, 2.75) is 38.5 Å². The first-order chi connectivity index (χ1) is 15.6. The van der Waals surface area contributed by atoms with Crippen molar-refractivity contribution in [2.24, 2.45) is 0 Å². The van der Waals surface area contributed by atoms with Gasteiger partial charge in [-0.05, 0) is 48.9 Å². The van der Waals surface area contributed by atoms with Crippen LogP contribution < -0.4 is 5.32 Å². The molecular formula is C23H27ClN2O6S. The zero-order chi connectivity index (χ0) is 24.6. The van der Waals surface area contributed by atoms with Gasteiger partial charge < -0.3 is 10.1 Å². The number of carbonyl (C=O) groups is 3. The summed E-state index contributed by atoms with van der Waals surface area (Å²) in [4.78, 5) is 36.3. The molecule has 0 spiro atoms. The molecule has 2 aromatic rings. The van der Waals surface area contributed by atoms with Gasteiger partial charge in [-0.1, -0.05) is 32.4 Å². The van der Waals surface area contributed by atoms with Gasteiger partial charge in [-0.2, -0.15) is 4.31 Å². The van der Waals surface area contributed by atoms with Crippen LogP contribution in [0.4, 0.5) is 5.69 Å². The van der Waals surface area contributed by atoms with Crippen LogP contribution in [0.5, 0.6) is 0 Å². The van der Waals surface area contributed by atoms with Gasteiger partial charge in [0.15, 0.2) is 12.4 Å². The van der Waals surface area contributed by atoms with E-state index in [9.17, 15) is 22.8 Å². The second-order valence-corrected chi connectivity index (χ2v) is 9.42. The second-order valence-electron chi connectivity index (χ2n) is 7.11. The van der Waals surface area contributed by atoms with Crippen LogP contribution in [0, 0.1) is 0 Å². The van der Waals surface area contributed by atoms with Crippen LogP contribution in [0.3, 0.4) is 0 Å². The Bertz CT molecular complexity index is 1110. The third kappa shape index (κ3) is 6.86. The van der Waals surface area contributed by atoms with Gasteiger partial charge in [-0.3, -0.25) is 9.59 Å². The summed E-state index contributed by atoms with van der Waals surface area (Å²) in [7, 11) is -3.88. The summed E-state index contributed by atoms with van der Waals surface area (Å²) in [5.74, 6) is -1.41. The lowest BCUT2D eigenvalue weighted by atomic mass is 10.1. The molecule has 33 heavy (non-hydrogen) atoms. The van der Waals surface area contributed by atoms with Crippen LogP contribution in [0.15, 0.2) is 47.4 Å². The summed E-state index contributed by atoms with van der Waals surface area (Å²) in [5.41, 5.74) is 0.828. The maximum absolute atomic E-state index is 12.8. The minimum absolute atomic E-state index is 0.0133. The fourth-order valence-electron chi connectivity index (χ4n) is 3.02. The lowest BCUT2D eigenvalue weighted by Gasteiger charge is -2.19. The monoisotopic (exact) mass is 494 g/mol. The van der Waals surface area contributed by atoms with Crippen LogP contribution in [-0.4, -0.2) is 50.1 Å². The number of hydrogen-bond acceptors (Lipinski definition) is 6. The van der Waals surface area contributed by atoms with Gasteiger partial charge in [0.1, 0.15) is 4.90 Å². The van der Waals surface area contributed by atoms with E-state index >= 15 is 0 Å². The molecule has 0 heterocycles. The van der Waals surface area contributed by atoms with Crippen molar-refractivity contribution in [3.8, 4) is 0 Å². The van der Waals surface area contributed by atoms with Crippen molar-refractivity contribution >= 4 is 45.0 Å². The Morgan fingerprint density at radius 3 is 2.15 bits per heavy atom. The third-order valence-corrected chi connectivity index (χ3v) is 7.32. The lowest BCUT2D eigenvalue weighted by molar-refractivity contribution is -0.116. The van der Waals surface area contributed by atoms with Gasteiger partial charge in [-0.15, -0.1) is 0 Å². The van der Waals surface area contributed by atoms with Crippen molar-refractivity contribution in [2.75, 3.05) is 25.0 Å². The second kappa shape index (κ2) is 11.9. The molecule has 0 aliphatic carbocycles. The fourth-order valence-corrected chi connectivity index (χ4v) is 4.98. The summed E-state index contributed by atoms with van der Waals surface area (Å²) >= 11 is 6.07. The summed E-state index contributed by atoms with van der Waals surface area (Å²) in [6.45, 7) is 5.27. The first kappa shape index (κ1) is 26.5. The van der Waals surface area contributed by atoms with Crippen molar-refractivity contribution in [3.63, 3.8) is 0 Å². The number of ether oxygens (including phenoxy) is 1. The topological polar surface area (TPSA) is 110 Å². The average molecular weight is 495 g/mol. The molecule has 178 valence electrons. The molecule has 0 saturated carbocycles. The summed E-state index contributed by atoms with van der Waals surface area (Å²) in [6.07, 6.45) is 1.13. The number of anilines is 1. The molecule has 0 fully saturated rings. The highest BCUT2D eigenvalue weighted by atomic mass is 35.5. The Morgan fingerprint density at radius 2 is 1.58 bits per heavy atom. The van der Waals surface area contributed by atoms with E-state index in [0.29, 0.717) is 17.7 Å². The Morgan fingerprint density at radius 1 is 0.970 bits per heavy atom. The maximum Gasteiger partial charge on any atom is 0.338 e. The van der Waals surface area contributed by atoms with E-state index in [-0.39, 0.29) is 34.5 Å². The lowest BCUT2D eigenvalue weighted by Crippen LogP contribution is -2.31. The predicted octanol–water partition coefficient (Wildman–Crippen LogP) is 4.15. The first-order valence-corrected chi connectivity index (χ1v) is 12.4. The highest BCUT2D eigenvalue weighted by Crippen LogP contribution is 2.26. The third-order valence-electron chi connectivity index (χ3n) is 4.79. The zero-order valence-corrected chi connectivity index (χ0v) is 20.3. The summed E-state index contributed by atoms with van der Waals surface area (Å²) < 4.78 is 31.9. The number of sulfonamides is 1. The largest absolute Gasteiger partial charge is 0.454 e. The van der Waals surface area contributed by atoms with Crippen molar-refractivity contribution in [1.82, 2.24) is 4.31 Å². The van der Waals surface area contributed by atoms with Crippen LogP contribution in [0.1, 0.15) is 54.3 Å². The molecule has 0 atom stereocenters. The number of halogens is 1. The molecule has 2 rings (SSSR count). The number of rotatable bonds is 11. The number of Topliss-reactive ketones (excluding diaryl/α,β-unsaturated/α-hetero) is 1. The minimum Gasteiger partial charge on any atom is -0.454 e. The van der Waals surface area contributed by atoms with E-state index in [1.165, 1.54) is 28.6 Å². The molecule has 0 aromatic heterocycles. The van der Waals surface area contributed by atoms with E-state index in [2.05, 4.69) is 5.32 Å². The normalized spacial score (nSPS) is 11.3. The maximum atomic E-state index is 12.8. The quantitative estimate of drug-likeness (QED) is 0.371. The highest BCUT2D eigenvalue weighted by Gasteiger charge is 2.26. The van der Waals surface area contributed by atoms with Gasteiger partial charge in [0, 0.05) is 30.8 Å². The predicted molar refractivity (Wildman–Crippen MR) is 126 cm³/mol. The fraction of sp³-hybridized carbons (Fsp3) is 0.348. The van der Waals surface area contributed by atoms with Gasteiger partial charge in [0.05, 0.1) is 10.6 Å². The van der Waals surface area contributed by atoms with Crippen LogP contribution in [0.25, 0.3) is 0 Å². The standard InChI is InChI=1S/C23H27ClN2O6S/c1-4-7-22(28)25-18-11-8-16(9-12-18)20(27)15-32-23(29)17-10-13-19(24)21(14-17)33(30,31)26(5-2)6-3/h8-14H,4-7,15H2,1-3H3,(H,25,28). The highest BCUT2D eigenvalue weighted by molar-refractivity contribution is 7.89. The zero-order valence-electron chi connectivity index (χ0n) is 18.8. The number of amides is 1. The van der Waals surface area contributed by atoms with Crippen LogP contribution >= 0.6 is 11.6 Å². The molecule has 0 aliphatic rings. The Hall–Kier alpha value is -2.75. The van der Waals surface area contributed by atoms with Crippen molar-refractivity contribution in [3.05, 3.63) is 58.6 Å². The van der Waals surface area contributed by atoms with Gasteiger partial charge in [0.2, 0.25) is 15.9 Å². The molecule has 1 N–H and O–H groups in total. The molecular weight excluding hydrogens is 468 g/mol. The van der Waals surface area contributed by atoms with Crippen molar-refractivity contribution in [1.29, 1.82) is 0 Å². The van der Waals surface area contributed by atoms with Gasteiger partial charge >= 0.3 is 5.97 Å². The van der Waals surface area contributed by atoms with E-state index in [0.717, 1.165) is 12.5 Å². The molecule has 0 saturated heterocycles. The van der Waals surface area contributed by atoms with Crippen LogP contribution in [0.2, 0.25) is 5.02 Å². The van der Waals surface area contributed by atoms with E-state index < -0.39 is 28.4 Å². The molecule has 0 unspecified atom stereocenters. The van der Waals surface area contributed by atoms with E-state index in [1.54, 1.807) is 26.0 Å². The number of benzene rings is 2. The number of carbonyl (C=O) groups excluding carboxylic acids is 3. The smallest absolute Gasteiger partial charge is 0.338 e. The SMILES string of the molecule is CCCC(=O)Nc1ccc(C(=O)COC(=O)c2ccc(Cl)c(S(=O)(=O)N(CC)CC)c2)cc1. The van der Waals surface area contributed by atoms with Crippen molar-refractivity contribution < 1.29 is 27.5 Å². The summed E-state index contributed by atoms with van der Waals surface area (Å²) in [6, 6.07) is 10.0. The number of esters is 1. The molecule has 2 aromatic carbocycles. The van der Waals surface area contributed by atoms with Gasteiger partial charge in [0.25, 0.3) is 0 Å². The van der Waals surface area contributed by atoms with Gasteiger partial charge in [-0.25, -0.2) is 13.2 Å². The first-order valence-electron chi connectivity index (χ1n) is 10.5. The van der Waals surface area contributed by atoms with Crippen LogP contribution in [-0.2, 0) is 19.6 Å². The number of nitrogens with one attached hydrogen (secondary N) is 1. The minimum atomic E-state index is -3.88. The summed E-state index contributed by atoms with van der Waals surface area (Å²) in [5, 5.41) is 2.71. The molecule has 0 aliphatic heterocycles. The molecule has 10 heteroatoms. The van der Waals surface area contributed by atoms with E-state index in [1.807, 2.05) is 6.92 Å². The number of nitrogens with zero attached hydrogens (tertiary/aromatic N) is 1. The van der Waals surface area contributed by atoms with E-state index in [4.69, 9.17) is 16.3 Å². The molecule has 8 nitrogen and oxygen atoms in total. The Balaban J connectivity index is 2.07.